The minimum Gasteiger partial charge on any atom is -0.493 e. The van der Waals surface area contributed by atoms with Crippen LogP contribution in [0.5, 0.6) is 23.0 Å². The summed E-state index contributed by atoms with van der Waals surface area (Å²) in [5.74, 6) is 0.225. The lowest BCUT2D eigenvalue weighted by molar-refractivity contribution is -0.122. The summed E-state index contributed by atoms with van der Waals surface area (Å²) >= 11 is 3.45. The highest BCUT2D eigenvalue weighted by atomic mass is 79.9. The van der Waals surface area contributed by atoms with E-state index >= 15 is 0 Å². The van der Waals surface area contributed by atoms with E-state index in [1.54, 1.807) is 24.3 Å². The van der Waals surface area contributed by atoms with Gasteiger partial charge in [-0.3, -0.25) is 14.9 Å². The number of carbonyl (C=O) groups excluding carboxylic acids is 3. The first kappa shape index (κ1) is 26.1. The minimum absolute atomic E-state index is 0.222. The maximum absolute atomic E-state index is 13.3. The third-order valence-corrected chi connectivity index (χ3v) is 5.70. The first-order valence-electron chi connectivity index (χ1n) is 11.1. The number of hydrogen-bond donors (Lipinski definition) is 1. The highest BCUT2D eigenvalue weighted by Gasteiger charge is 2.37. The van der Waals surface area contributed by atoms with Gasteiger partial charge in [0.15, 0.2) is 23.0 Å². The third-order valence-electron chi connectivity index (χ3n) is 5.01. The van der Waals surface area contributed by atoms with Gasteiger partial charge in [0.2, 0.25) is 0 Å². The summed E-state index contributed by atoms with van der Waals surface area (Å²) in [5, 5.41) is 2.22. The number of methoxy groups -OCH3 is 2. The van der Waals surface area contributed by atoms with Crippen molar-refractivity contribution in [2.75, 3.05) is 32.3 Å². The maximum Gasteiger partial charge on any atom is 0.335 e. The Hall–Kier alpha value is -3.53. The fourth-order valence-electron chi connectivity index (χ4n) is 3.32. The Bertz CT molecular complexity index is 1160. The molecule has 3 rings (SSSR count). The number of amides is 4. The van der Waals surface area contributed by atoms with Crippen LogP contribution in [0.2, 0.25) is 0 Å². The Morgan fingerprint density at radius 2 is 1.51 bits per heavy atom. The van der Waals surface area contributed by atoms with Crippen molar-refractivity contribution in [2.45, 2.75) is 26.7 Å². The van der Waals surface area contributed by atoms with E-state index in [-0.39, 0.29) is 11.3 Å². The third kappa shape index (κ3) is 5.76. The van der Waals surface area contributed by atoms with E-state index < -0.39 is 17.8 Å². The number of anilines is 1. The molecule has 0 radical (unpaired) electrons. The van der Waals surface area contributed by atoms with Crippen LogP contribution in [0.3, 0.4) is 0 Å². The van der Waals surface area contributed by atoms with Crippen LogP contribution in [0.4, 0.5) is 10.5 Å². The van der Waals surface area contributed by atoms with Crippen LogP contribution in [0.25, 0.3) is 6.08 Å². The van der Waals surface area contributed by atoms with Crippen molar-refractivity contribution in [1.82, 2.24) is 5.32 Å². The van der Waals surface area contributed by atoms with Crippen LogP contribution >= 0.6 is 15.9 Å². The molecule has 2 aromatic rings. The summed E-state index contributed by atoms with van der Waals surface area (Å²) < 4.78 is 22.7. The van der Waals surface area contributed by atoms with Gasteiger partial charge in [0.05, 0.1) is 33.1 Å². The van der Waals surface area contributed by atoms with E-state index in [2.05, 4.69) is 21.2 Å². The van der Waals surface area contributed by atoms with Crippen molar-refractivity contribution in [3.63, 3.8) is 0 Å². The molecule has 4 amide bonds. The predicted octanol–water partition coefficient (Wildman–Crippen LogP) is 4.71. The van der Waals surface area contributed by atoms with Gasteiger partial charge in [-0.05, 0) is 48.7 Å². The summed E-state index contributed by atoms with van der Waals surface area (Å²) in [6, 6.07) is 7.16. The van der Waals surface area contributed by atoms with E-state index in [9.17, 15) is 14.4 Å². The van der Waals surface area contributed by atoms with E-state index in [0.29, 0.717) is 46.2 Å². The Morgan fingerprint density at radius 1 is 0.886 bits per heavy atom. The van der Waals surface area contributed by atoms with Crippen LogP contribution < -0.4 is 29.2 Å². The number of halogens is 1. The molecule has 9 nitrogen and oxygen atoms in total. The van der Waals surface area contributed by atoms with E-state index in [1.807, 2.05) is 13.8 Å². The van der Waals surface area contributed by atoms with Gasteiger partial charge >= 0.3 is 6.03 Å². The SMILES string of the molecule is CCCOc1ccc(N2C(=O)NC(=O)/C(=C/c3cc(OC)c(OCCC)cc3Br)C2=O)cc1OC. The summed E-state index contributed by atoms with van der Waals surface area (Å²) in [6.07, 6.45) is 3.02. The molecule has 1 aliphatic rings. The quantitative estimate of drug-likeness (QED) is 0.340. The number of ether oxygens (including phenoxy) is 4. The second-order valence-electron chi connectivity index (χ2n) is 7.51. The Balaban J connectivity index is 1.99. The van der Waals surface area contributed by atoms with Crippen molar-refractivity contribution < 1.29 is 33.3 Å². The molecule has 35 heavy (non-hydrogen) atoms. The molecule has 0 saturated carbocycles. The topological polar surface area (TPSA) is 103 Å². The summed E-state index contributed by atoms with van der Waals surface area (Å²) in [7, 11) is 2.96. The first-order valence-corrected chi connectivity index (χ1v) is 11.9. The molecule has 0 aromatic heterocycles. The fraction of sp³-hybridized carbons (Fsp3) is 0.320. The number of rotatable bonds is 10. The molecule has 1 N–H and O–H groups in total. The van der Waals surface area contributed by atoms with Crippen LogP contribution in [0.1, 0.15) is 32.3 Å². The monoisotopic (exact) mass is 546 g/mol. The van der Waals surface area contributed by atoms with Crippen LogP contribution in [-0.2, 0) is 9.59 Å². The summed E-state index contributed by atoms with van der Waals surface area (Å²) in [4.78, 5) is 39.4. The van der Waals surface area contributed by atoms with E-state index in [1.165, 1.54) is 26.4 Å². The number of nitrogens with one attached hydrogen (secondary N) is 1. The molecule has 0 aliphatic carbocycles. The van der Waals surface area contributed by atoms with Crippen molar-refractivity contribution in [3.8, 4) is 23.0 Å². The second kappa shape index (κ2) is 11.7. The Kier molecular flexibility index (Phi) is 8.75. The number of urea groups is 1. The number of barbiturate groups is 1. The molecule has 0 bridgehead atoms. The zero-order valence-electron chi connectivity index (χ0n) is 20.0. The number of imide groups is 2. The largest absolute Gasteiger partial charge is 0.493 e. The molecule has 0 atom stereocenters. The van der Waals surface area contributed by atoms with Gasteiger partial charge in [-0.1, -0.05) is 29.8 Å². The lowest BCUT2D eigenvalue weighted by Gasteiger charge is -2.27. The number of hydrogen-bond acceptors (Lipinski definition) is 7. The molecule has 1 saturated heterocycles. The molecule has 1 aliphatic heterocycles. The van der Waals surface area contributed by atoms with Gasteiger partial charge in [-0.25, -0.2) is 9.69 Å². The van der Waals surface area contributed by atoms with Crippen molar-refractivity contribution in [1.29, 1.82) is 0 Å². The standard InChI is InChI=1S/C25H27BrN2O7/c1-5-9-34-19-8-7-16(13-21(19)33-4)28-24(30)17(23(29)27-25(28)31)11-15-12-20(32-3)22(14-18(15)26)35-10-6-2/h7-8,11-14H,5-6,9-10H2,1-4H3,(H,27,29,31)/b17-11-. The summed E-state index contributed by atoms with van der Waals surface area (Å²) in [5.41, 5.74) is 0.505. The molecule has 2 aromatic carbocycles. The van der Waals surface area contributed by atoms with Gasteiger partial charge in [0, 0.05) is 10.5 Å². The number of carbonyl (C=O) groups is 3. The zero-order chi connectivity index (χ0) is 25.5. The minimum atomic E-state index is -0.860. The van der Waals surface area contributed by atoms with E-state index in [0.717, 1.165) is 17.7 Å². The lowest BCUT2D eigenvalue weighted by atomic mass is 10.1. The van der Waals surface area contributed by atoms with Crippen LogP contribution in [0, 0.1) is 0 Å². The van der Waals surface area contributed by atoms with Gasteiger partial charge in [-0.15, -0.1) is 0 Å². The Morgan fingerprint density at radius 3 is 2.14 bits per heavy atom. The first-order chi connectivity index (χ1) is 16.8. The second-order valence-corrected chi connectivity index (χ2v) is 8.37. The van der Waals surface area contributed by atoms with Crippen LogP contribution in [-0.4, -0.2) is 45.3 Å². The molecule has 0 unspecified atom stereocenters. The fourth-order valence-corrected chi connectivity index (χ4v) is 3.76. The smallest absolute Gasteiger partial charge is 0.335 e. The molecule has 0 spiro atoms. The normalized spacial score (nSPS) is 14.7. The highest BCUT2D eigenvalue weighted by molar-refractivity contribution is 9.10. The molecule has 1 heterocycles. The van der Waals surface area contributed by atoms with Crippen molar-refractivity contribution in [2.24, 2.45) is 0 Å². The number of benzene rings is 2. The molecule has 186 valence electrons. The van der Waals surface area contributed by atoms with Gasteiger partial charge in [-0.2, -0.15) is 0 Å². The van der Waals surface area contributed by atoms with Crippen molar-refractivity contribution in [3.05, 3.63) is 45.9 Å². The number of nitrogens with zero attached hydrogens (tertiary/aromatic N) is 1. The molecular weight excluding hydrogens is 520 g/mol. The maximum atomic E-state index is 13.3. The van der Waals surface area contributed by atoms with Crippen molar-refractivity contribution >= 4 is 45.5 Å². The average Bonchev–Trinajstić information content (AvgIpc) is 2.84. The zero-order valence-corrected chi connectivity index (χ0v) is 21.6. The highest BCUT2D eigenvalue weighted by Crippen LogP contribution is 2.36. The lowest BCUT2D eigenvalue weighted by Crippen LogP contribution is -2.54. The molecular formula is C25H27BrN2O7. The summed E-state index contributed by atoms with van der Waals surface area (Å²) in [6.45, 7) is 4.96. The Labute approximate surface area is 212 Å². The van der Waals surface area contributed by atoms with Crippen LogP contribution in [0.15, 0.2) is 40.4 Å². The average molecular weight is 547 g/mol. The molecule has 10 heteroatoms. The molecule has 1 fully saturated rings. The predicted molar refractivity (Wildman–Crippen MR) is 134 cm³/mol. The van der Waals surface area contributed by atoms with Gasteiger partial charge in [0.1, 0.15) is 5.57 Å². The van der Waals surface area contributed by atoms with Gasteiger partial charge < -0.3 is 18.9 Å². The van der Waals surface area contributed by atoms with E-state index in [4.69, 9.17) is 18.9 Å². The van der Waals surface area contributed by atoms with Gasteiger partial charge in [0.25, 0.3) is 11.8 Å².